The highest BCUT2D eigenvalue weighted by molar-refractivity contribution is 5.80. The second kappa shape index (κ2) is 5.66. The third-order valence-corrected chi connectivity index (χ3v) is 3.21. The molecule has 0 atom stereocenters. The van der Waals surface area contributed by atoms with Gasteiger partial charge in [0.2, 0.25) is 0 Å². The van der Waals surface area contributed by atoms with Crippen LogP contribution in [0, 0.1) is 5.41 Å². The van der Waals surface area contributed by atoms with Crippen molar-refractivity contribution in [2.75, 3.05) is 19.6 Å². The van der Waals surface area contributed by atoms with Gasteiger partial charge in [-0.1, -0.05) is 13.3 Å². The monoisotopic (exact) mass is 282 g/mol. The lowest BCUT2D eigenvalue weighted by molar-refractivity contribution is -0.149. The summed E-state index contributed by atoms with van der Waals surface area (Å²) in [5.74, 6) is -1.48. The van der Waals surface area contributed by atoms with Crippen molar-refractivity contribution in [1.82, 2.24) is 10.2 Å². The molecule has 19 heavy (non-hydrogen) atoms. The lowest BCUT2D eigenvalue weighted by atomic mass is 9.70. The topological polar surface area (TPSA) is 69.6 Å². The molecule has 0 spiro atoms. The van der Waals surface area contributed by atoms with Crippen molar-refractivity contribution in [2.45, 2.75) is 32.4 Å². The molecule has 8 heteroatoms. The fraction of sp³-hybridized carbons (Fsp3) is 0.818. The van der Waals surface area contributed by atoms with E-state index in [9.17, 15) is 22.8 Å². The standard InChI is InChI=1S/C11H17F3N2O3/c1-10(3-2-4-10)6-15-9(19)16(5-8(17)18)7-11(12,13)14/h2-7H2,1H3,(H,15,19)(H,17,18). The number of halogens is 3. The predicted octanol–water partition coefficient (Wildman–Crippen LogP) is 1.84. The van der Waals surface area contributed by atoms with Gasteiger partial charge in [0.1, 0.15) is 13.1 Å². The fourth-order valence-corrected chi connectivity index (χ4v) is 1.94. The molecule has 1 rings (SSSR count). The summed E-state index contributed by atoms with van der Waals surface area (Å²) in [5.41, 5.74) is -0.0806. The quantitative estimate of drug-likeness (QED) is 0.808. The van der Waals surface area contributed by atoms with Gasteiger partial charge in [0.25, 0.3) is 0 Å². The lowest BCUT2D eigenvalue weighted by Gasteiger charge is -2.38. The zero-order valence-corrected chi connectivity index (χ0v) is 10.6. The van der Waals surface area contributed by atoms with Crippen LogP contribution in [0.2, 0.25) is 0 Å². The van der Waals surface area contributed by atoms with E-state index in [1.165, 1.54) is 0 Å². The van der Waals surface area contributed by atoms with Gasteiger partial charge in [-0.25, -0.2) is 4.79 Å². The van der Waals surface area contributed by atoms with Crippen molar-refractivity contribution < 1.29 is 27.9 Å². The molecule has 0 heterocycles. The molecule has 0 aliphatic heterocycles. The Morgan fingerprint density at radius 1 is 1.37 bits per heavy atom. The van der Waals surface area contributed by atoms with Crippen LogP contribution in [0.15, 0.2) is 0 Å². The maximum Gasteiger partial charge on any atom is 0.406 e. The van der Waals surface area contributed by atoms with Gasteiger partial charge >= 0.3 is 18.2 Å². The first kappa shape index (κ1) is 15.6. The molecular weight excluding hydrogens is 265 g/mol. The minimum absolute atomic E-state index is 0.0806. The maximum atomic E-state index is 12.3. The molecule has 0 aromatic carbocycles. The van der Waals surface area contributed by atoms with Crippen LogP contribution in [0.5, 0.6) is 0 Å². The Balaban J connectivity index is 2.52. The number of carbonyl (C=O) groups excluding carboxylic acids is 1. The van der Waals surface area contributed by atoms with E-state index in [1.54, 1.807) is 0 Å². The van der Waals surface area contributed by atoms with Gasteiger partial charge in [0.05, 0.1) is 0 Å². The van der Waals surface area contributed by atoms with Crippen LogP contribution in [0.4, 0.5) is 18.0 Å². The first-order valence-corrected chi connectivity index (χ1v) is 5.93. The van der Waals surface area contributed by atoms with Gasteiger partial charge in [-0.2, -0.15) is 13.2 Å². The number of carboxylic acids is 1. The first-order valence-electron chi connectivity index (χ1n) is 5.93. The molecule has 1 fully saturated rings. The van der Waals surface area contributed by atoms with Crippen molar-refractivity contribution >= 4 is 12.0 Å². The van der Waals surface area contributed by atoms with E-state index in [0.717, 1.165) is 19.3 Å². The van der Waals surface area contributed by atoms with Gasteiger partial charge < -0.3 is 15.3 Å². The zero-order chi connectivity index (χ0) is 14.7. The van der Waals surface area contributed by atoms with Crippen molar-refractivity contribution in [3.63, 3.8) is 0 Å². The number of urea groups is 1. The smallest absolute Gasteiger partial charge is 0.406 e. The third kappa shape index (κ3) is 5.35. The number of aliphatic carboxylic acids is 1. The average molecular weight is 282 g/mol. The highest BCUT2D eigenvalue weighted by atomic mass is 19.4. The summed E-state index contributed by atoms with van der Waals surface area (Å²) in [5, 5.41) is 10.9. The fourth-order valence-electron chi connectivity index (χ4n) is 1.94. The molecule has 1 saturated carbocycles. The Morgan fingerprint density at radius 3 is 2.32 bits per heavy atom. The largest absolute Gasteiger partial charge is 0.480 e. The summed E-state index contributed by atoms with van der Waals surface area (Å²) in [6.07, 6.45) is -1.77. The second-order valence-corrected chi connectivity index (χ2v) is 5.19. The van der Waals surface area contributed by atoms with Gasteiger partial charge in [0, 0.05) is 6.54 Å². The lowest BCUT2D eigenvalue weighted by Crippen LogP contribution is -2.50. The van der Waals surface area contributed by atoms with Crippen LogP contribution in [0.3, 0.4) is 0 Å². The molecule has 0 aromatic heterocycles. The molecule has 0 unspecified atom stereocenters. The summed E-state index contributed by atoms with van der Waals surface area (Å²) in [6, 6.07) is -0.993. The van der Waals surface area contributed by atoms with Gasteiger partial charge in [-0.05, 0) is 18.3 Å². The number of alkyl halides is 3. The molecular formula is C11H17F3N2O3. The van der Waals surface area contributed by atoms with Gasteiger partial charge in [0.15, 0.2) is 0 Å². The van der Waals surface area contributed by atoms with Crippen molar-refractivity contribution in [3.05, 3.63) is 0 Å². The normalized spacial score (nSPS) is 17.5. The Hall–Kier alpha value is -1.47. The van der Waals surface area contributed by atoms with E-state index in [1.807, 2.05) is 6.92 Å². The van der Waals surface area contributed by atoms with E-state index < -0.39 is 31.3 Å². The first-order chi connectivity index (χ1) is 8.61. The zero-order valence-electron chi connectivity index (χ0n) is 10.6. The van der Waals surface area contributed by atoms with E-state index in [2.05, 4.69) is 5.32 Å². The van der Waals surface area contributed by atoms with Crippen LogP contribution in [0.1, 0.15) is 26.2 Å². The van der Waals surface area contributed by atoms with Crippen LogP contribution in [0.25, 0.3) is 0 Å². The van der Waals surface area contributed by atoms with E-state index >= 15 is 0 Å². The Bertz CT molecular complexity index is 354. The summed E-state index contributed by atoms with van der Waals surface area (Å²) in [6.45, 7) is -0.341. The molecule has 2 amide bonds. The summed E-state index contributed by atoms with van der Waals surface area (Å²) < 4.78 is 36.8. The van der Waals surface area contributed by atoms with Crippen LogP contribution in [-0.4, -0.2) is 47.8 Å². The average Bonchev–Trinajstić information content (AvgIpc) is 2.19. The summed E-state index contributed by atoms with van der Waals surface area (Å²) >= 11 is 0. The third-order valence-electron chi connectivity index (χ3n) is 3.21. The predicted molar refractivity (Wildman–Crippen MR) is 60.6 cm³/mol. The number of nitrogens with zero attached hydrogens (tertiary/aromatic N) is 1. The Kier molecular flexibility index (Phi) is 4.65. The number of carbonyl (C=O) groups is 2. The number of amides is 2. The Morgan fingerprint density at radius 2 is 1.95 bits per heavy atom. The second-order valence-electron chi connectivity index (χ2n) is 5.19. The molecule has 5 nitrogen and oxygen atoms in total. The van der Waals surface area contributed by atoms with Gasteiger partial charge in [-0.3, -0.25) is 4.79 Å². The minimum Gasteiger partial charge on any atom is -0.480 e. The van der Waals surface area contributed by atoms with E-state index in [0.29, 0.717) is 0 Å². The van der Waals surface area contributed by atoms with E-state index in [4.69, 9.17) is 5.11 Å². The van der Waals surface area contributed by atoms with Gasteiger partial charge in [-0.15, -0.1) is 0 Å². The molecule has 0 radical (unpaired) electrons. The highest BCUT2D eigenvalue weighted by Gasteiger charge is 2.36. The number of nitrogens with one attached hydrogen (secondary N) is 1. The minimum atomic E-state index is -4.62. The Labute approximate surface area is 108 Å². The van der Waals surface area contributed by atoms with Crippen LogP contribution < -0.4 is 5.32 Å². The molecule has 0 bridgehead atoms. The number of hydrogen-bond donors (Lipinski definition) is 2. The van der Waals surface area contributed by atoms with Crippen molar-refractivity contribution in [2.24, 2.45) is 5.41 Å². The SMILES string of the molecule is CC1(CNC(=O)N(CC(=O)O)CC(F)(F)F)CCC1. The highest BCUT2D eigenvalue weighted by Crippen LogP contribution is 2.39. The molecule has 1 aliphatic carbocycles. The molecule has 2 N–H and O–H groups in total. The molecule has 110 valence electrons. The van der Waals surface area contributed by atoms with Crippen molar-refractivity contribution in [3.8, 4) is 0 Å². The summed E-state index contributed by atoms with van der Waals surface area (Å²) in [4.78, 5) is 22.3. The maximum absolute atomic E-state index is 12.3. The number of hydrogen-bond acceptors (Lipinski definition) is 2. The van der Waals surface area contributed by atoms with Crippen molar-refractivity contribution in [1.29, 1.82) is 0 Å². The molecule has 0 saturated heterocycles. The van der Waals surface area contributed by atoms with Crippen LogP contribution in [-0.2, 0) is 4.79 Å². The molecule has 0 aromatic rings. The van der Waals surface area contributed by atoms with E-state index in [-0.39, 0.29) is 16.9 Å². The summed E-state index contributed by atoms with van der Waals surface area (Å²) in [7, 11) is 0. The number of carboxylic acid groups (broad SMARTS) is 1. The molecule has 1 aliphatic rings. The number of rotatable bonds is 5. The van der Waals surface area contributed by atoms with Crippen LogP contribution >= 0.6 is 0 Å².